The van der Waals surface area contributed by atoms with Crippen LogP contribution in [0.25, 0.3) is 0 Å². The first-order chi connectivity index (χ1) is 17.3. The molecule has 0 radical (unpaired) electrons. The average molecular weight is 509 g/mol. The van der Waals surface area contributed by atoms with Gasteiger partial charge in [-0.05, 0) is 24.5 Å². The summed E-state index contributed by atoms with van der Waals surface area (Å²) in [5, 5.41) is 3.18. The number of nitrogens with two attached hydrogens (primary N) is 1. The number of ether oxygens (including phenoxy) is 1. The number of carbonyl (C=O) groups excluding carboxylic acids is 2. The first-order valence-electron chi connectivity index (χ1n) is 11.8. The fourth-order valence-corrected chi connectivity index (χ4v) is 5.97. The van der Waals surface area contributed by atoms with E-state index in [0.717, 1.165) is 5.70 Å². The standard InChI is InChI=1S/C25H28N6O4S/c1-15(2)23-19(24(26)33)11-27-25(29-23)28-16-8-9-20-21(10-16)35-14-17-12-30(13-22(32)31(17)20)36(34)18-6-4-3-5-7-18/h3-8,10-11,15,17,20H,9,12-14H2,1-2H3,(H2,26,33)(H,27,28,29). The zero-order chi connectivity index (χ0) is 25.4. The number of nitrogens with zero attached hydrogens (tertiary/aromatic N) is 4. The number of hydrogen-bond acceptors (Lipinski definition) is 7. The maximum Gasteiger partial charge on any atom is 0.252 e. The van der Waals surface area contributed by atoms with Crippen molar-refractivity contribution in [2.45, 2.75) is 43.2 Å². The van der Waals surface area contributed by atoms with Gasteiger partial charge in [-0.2, -0.15) is 0 Å². The minimum atomic E-state index is -1.40. The monoisotopic (exact) mass is 508 g/mol. The van der Waals surface area contributed by atoms with Crippen molar-refractivity contribution < 1.29 is 18.5 Å². The van der Waals surface area contributed by atoms with E-state index in [1.807, 2.05) is 49.1 Å². The molecule has 3 unspecified atom stereocenters. The van der Waals surface area contributed by atoms with Crippen LogP contribution in [0.15, 0.2) is 65.0 Å². The number of carbonyl (C=O) groups is 2. The van der Waals surface area contributed by atoms with Crippen LogP contribution in [0.5, 0.6) is 0 Å². The lowest BCUT2D eigenvalue weighted by atomic mass is 9.97. The highest BCUT2D eigenvalue weighted by Gasteiger charge is 2.44. The van der Waals surface area contributed by atoms with Crippen LogP contribution in [0, 0.1) is 0 Å². The quantitative estimate of drug-likeness (QED) is 0.609. The van der Waals surface area contributed by atoms with Crippen LogP contribution in [0.1, 0.15) is 42.2 Å². The van der Waals surface area contributed by atoms with E-state index < -0.39 is 16.9 Å². The van der Waals surface area contributed by atoms with Crippen molar-refractivity contribution in [2.24, 2.45) is 5.73 Å². The van der Waals surface area contributed by atoms with Crippen molar-refractivity contribution in [3.8, 4) is 0 Å². The van der Waals surface area contributed by atoms with Gasteiger partial charge in [0, 0.05) is 24.5 Å². The minimum absolute atomic E-state index is 0.00127. The number of primary amides is 1. The molecule has 2 saturated heterocycles. The van der Waals surface area contributed by atoms with E-state index in [4.69, 9.17) is 10.5 Å². The highest BCUT2D eigenvalue weighted by Crippen LogP contribution is 2.33. The Balaban J connectivity index is 1.29. The molecule has 36 heavy (non-hydrogen) atoms. The number of amides is 2. The lowest BCUT2D eigenvalue weighted by Gasteiger charge is -2.48. The van der Waals surface area contributed by atoms with Crippen molar-refractivity contribution in [2.75, 3.05) is 25.0 Å². The molecule has 188 valence electrons. The normalized spacial score (nSPS) is 22.6. The summed E-state index contributed by atoms with van der Waals surface area (Å²) in [5.41, 5.74) is 7.08. The Morgan fingerprint density at radius 1 is 1.28 bits per heavy atom. The van der Waals surface area contributed by atoms with Crippen LogP contribution in [-0.4, -0.2) is 67.0 Å². The number of fused-ring (bicyclic) bond motifs is 3. The Morgan fingerprint density at radius 2 is 2.06 bits per heavy atom. The third-order valence-corrected chi connectivity index (χ3v) is 7.86. The zero-order valence-corrected chi connectivity index (χ0v) is 20.9. The lowest BCUT2D eigenvalue weighted by molar-refractivity contribution is -0.146. The van der Waals surface area contributed by atoms with E-state index in [-0.39, 0.29) is 30.5 Å². The molecule has 1 aromatic carbocycles. The molecular formula is C25H28N6O4S. The van der Waals surface area contributed by atoms with E-state index in [1.54, 1.807) is 16.4 Å². The van der Waals surface area contributed by atoms with Gasteiger partial charge in [-0.1, -0.05) is 38.1 Å². The predicted molar refractivity (Wildman–Crippen MR) is 134 cm³/mol. The molecule has 3 heterocycles. The Hall–Kier alpha value is -3.57. The fourth-order valence-electron chi connectivity index (χ4n) is 4.74. The first kappa shape index (κ1) is 24.1. The summed E-state index contributed by atoms with van der Waals surface area (Å²) in [4.78, 5) is 36.1. The highest BCUT2D eigenvalue weighted by molar-refractivity contribution is 7.82. The molecule has 0 saturated carbocycles. The number of anilines is 1. The molecule has 2 aliphatic heterocycles. The molecule has 1 aliphatic carbocycles. The fraction of sp³-hybridized carbons (Fsp3) is 0.360. The summed E-state index contributed by atoms with van der Waals surface area (Å²) in [6.07, 6.45) is 5.83. The molecule has 2 aromatic rings. The predicted octanol–water partition coefficient (Wildman–Crippen LogP) is 1.92. The summed E-state index contributed by atoms with van der Waals surface area (Å²) < 4.78 is 20.8. The molecule has 1 aromatic heterocycles. The number of piperazine rings is 1. The van der Waals surface area contributed by atoms with Crippen LogP contribution in [-0.2, 0) is 20.5 Å². The van der Waals surface area contributed by atoms with E-state index in [9.17, 15) is 13.8 Å². The van der Waals surface area contributed by atoms with Crippen LogP contribution in [0.3, 0.4) is 0 Å². The molecule has 5 rings (SSSR count). The Morgan fingerprint density at radius 3 is 2.78 bits per heavy atom. The second-order valence-electron chi connectivity index (χ2n) is 9.24. The highest BCUT2D eigenvalue weighted by atomic mass is 32.2. The zero-order valence-electron chi connectivity index (χ0n) is 20.1. The number of rotatable bonds is 6. The largest absolute Gasteiger partial charge is 0.493 e. The maximum atomic E-state index is 13.2. The molecule has 3 atom stereocenters. The van der Waals surface area contributed by atoms with E-state index in [0.29, 0.717) is 47.4 Å². The summed E-state index contributed by atoms with van der Waals surface area (Å²) >= 11 is 0. The minimum Gasteiger partial charge on any atom is -0.493 e. The van der Waals surface area contributed by atoms with Crippen molar-refractivity contribution >= 4 is 28.7 Å². The third kappa shape index (κ3) is 4.63. The number of allylic oxidation sites excluding steroid dienone is 1. The van der Waals surface area contributed by atoms with E-state index in [2.05, 4.69) is 15.3 Å². The SMILES string of the molecule is CC(C)c1nc(NC2=CCC3C(=C2)OCC2CN(S(=O)c4ccccc4)CC(=O)N23)ncc1C(N)=O. The topological polar surface area (TPSA) is 131 Å². The Bertz CT molecular complexity index is 1280. The van der Waals surface area contributed by atoms with Crippen LogP contribution >= 0.6 is 0 Å². The molecular weight excluding hydrogens is 480 g/mol. The summed E-state index contributed by atoms with van der Waals surface area (Å²) in [6.45, 7) is 4.76. The summed E-state index contributed by atoms with van der Waals surface area (Å²) in [5.74, 6) is 0.423. The van der Waals surface area contributed by atoms with Crippen molar-refractivity contribution in [1.82, 2.24) is 19.2 Å². The molecule has 0 spiro atoms. The number of nitrogens with one attached hydrogen (secondary N) is 1. The average Bonchev–Trinajstić information content (AvgIpc) is 2.88. The number of morpholine rings is 1. The van der Waals surface area contributed by atoms with Crippen molar-refractivity contribution in [3.05, 3.63) is 71.4 Å². The van der Waals surface area contributed by atoms with Gasteiger partial charge in [0.2, 0.25) is 11.9 Å². The maximum absolute atomic E-state index is 13.2. The molecule has 0 bridgehead atoms. The van der Waals surface area contributed by atoms with Gasteiger partial charge in [0.25, 0.3) is 5.91 Å². The summed E-state index contributed by atoms with van der Waals surface area (Å²) in [6, 6.07) is 8.78. The van der Waals surface area contributed by atoms with Gasteiger partial charge in [-0.15, -0.1) is 0 Å². The summed E-state index contributed by atoms with van der Waals surface area (Å²) in [7, 11) is -1.40. The molecule has 10 nitrogen and oxygen atoms in total. The van der Waals surface area contributed by atoms with Crippen LogP contribution in [0.4, 0.5) is 5.95 Å². The number of benzene rings is 1. The number of hydrogen-bond donors (Lipinski definition) is 2. The van der Waals surface area contributed by atoms with Gasteiger partial charge in [-0.25, -0.2) is 18.5 Å². The van der Waals surface area contributed by atoms with Crippen LogP contribution < -0.4 is 11.1 Å². The van der Waals surface area contributed by atoms with Gasteiger partial charge >= 0.3 is 0 Å². The second-order valence-corrected chi connectivity index (χ2v) is 10.7. The van der Waals surface area contributed by atoms with E-state index in [1.165, 1.54) is 6.20 Å². The first-order valence-corrected chi connectivity index (χ1v) is 12.9. The molecule has 3 N–H and O–H groups in total. The smallest absolute Gasteiger partial charge is 0.252 e. The Kier molecular flexibility index (Phi) is 6.59. The van der Waals surface area contributed by atoms with Gasteiger partial charge in [0.05, 0.1) is 34.8 Å². The lowest BCUT2D eigenvalue weighted by Crippen LogP contribution is -2.64. The second kappa shape index (κ2) is 9.82. The van der Waals surface area contributed by atoms with Crippen molar-refractivity contribution in [3.63, 3.8) is 0 Å². The molecule has 2 amide bonds. The Labute approximate surface area is 211 Å². The van der Waals surface area contributed by atoms with Crippen molar-refractivity contribution in [1.29, 1.82) is 0 Å². The van der Waals surface area contributed by atoms with Gasteiger partial charge in [0.1, 0.15) is 23.4 Å². The molecule has 2 fully saturated rings. The van der Waals surface area contributed by atoms with Crippen LogP contribution in [0.2, 0.25) is 0 Å². The van der Waals surface area contributed by atoms with Gasteiger partial charge in [-0.3, -0.25) is 9.59 Å². The number of aromatic nitrogens is 2. The van der Waals surface area contributed by atoms with Gasteiger partial charge in [0.15, 0.2) is 0 Å². The van der Waals surface area contributed by atoms with E-state index >= 15 is 0 Å². The van der Waals surface area contributed by atoms with Gasteiger partial charge < -0.3 is 20.7 Å². The molecule has 11 heteroatoms. The molecule has 3 aliphatic rings. The third-order valence-electron chi connectivity index (χ3n) is 6.44.